The van der Waals surface area contributed by atoms with Gasteiger partial charge in [-0.15, -0.1) is 11.0 Å². The average Bonchev–Trinajstić information content (AvgIpc) is 3.04. The summed E-state index contributed by atoms with van der Waals surface area (Å²) in [5, 5.41) is 2.04. The Kier molecular flexibility index (Phi) is 7.52. The number of thioether (sulfide) groups is 1. The van der Waals surface area contributed by atoms with E-state index in [2.05, 4.69) is 16.3 Å². The zero-order valence-electron chi connectivity index (χ0n) is 17.9. The molecule has 2 aromatic rings. The fraction of sp³-hybridized carbons (Fsp3) is 0.261. The Hall–Kier alpha value is -2.91. The lowest BCUT2D eigenvalue weighted by atomic mass is 10.2. The Morgan fingerprint density at radius 3 is 2.44 bits per heavy atom. The number of amides is 2. The molecule has 1 fully saturated rings. The van der Waals surface area contributed by atoms with Gasteiger partial charge in [-0.1, -0.05) is 54.6 Å². The summed E-state index contributed by atoms with van der Waals surface area (Å²) in [5.74, 6) is -0.707. The molecule has 0 aromatic heterocycles. The van der Waals surface area contributed by atoms with Crippen LogP contribution >= 0.6 is 11.8 Å². The van der Waals surface area contributed by atoms with Crippen LogP contribution in [0.1, 0.15) is 24.5 Å². The van der Waals surface area contributed by atoms with Gasteiger partial charge in [-0.05, 0) is 43.2 Å². The van der Waals surface area contributed by atoms with E-state index < -0.39 is 15.3 Å². The molecule has 0 radical (unpaired) electrons. The molecule has 0 saturated carbocycles. The van der Waals surface area contributed by atoms with Crippen molar-refractivity contribution < 1.29 is 18.0 Å². The number of sulfonamides is 1. The highest BCUT2D eigenvalue weighted by molar-refractivity contribution is 8.16. The van der Waals surface area contributed by atoms with E-state index in [-0.39, 0.29) is 34.8 Å². The number of aryl methyl sites for hydroxylation is 2. The van der Waals surface area contributed by atoms with Gasteiger partial charge in [0.05, 0.1) is 4.90 Å². The number of nitrogens with one attached hydrogen (secondary N) is 1. The van der Waals surface area contributed by atoms with E-state index in [1.807, 2.05) is 26.0 Å². The van der Waals surface area contributed by atoms with Crippen LogP contribution in [0.15, 0.2) is 70.5 Å². The number of amidine groups is 1. The number of carbonyl (C=O) groups excluding carboxylic acids is 2. The molecule has 2 amide bonds. The highest BCUT2D eigenvalue weighted by Crippen LogP contribution is 2.31. The monoisotopic (exact) mass is 471 g/mol. The number of nitrogens with zero attached hydrogens (tertiary/aromatic N) is 2. The minimum Gasteiger partial charge on any atom is -0.326 e. The van der Waals surface area contributed by atoms with Crippen molar-refractivity contribution in [3.05, 3.63) is 72.3 Å². The Balaban J connectivity index is 1.78. The average molecular weight is 472 g/mol. The van der Waals surface area contributed by atoms with Crippen LogP contribution in [0.2, 0.25) is 0 Å². The molecule has 168 valence electrons. The van der Waals surface area contributed by atoms with Gasteiger partial charge < -0.3 is 5.32 Å². The van der Waals surface area contributed by atoms with Crippen LogP contribution in [0.5, 0.6) is 0 Å². The topological polar surface area (TPSA) is 95.9 Å². The highest BCUT2D eigenvalue weighted by Gasteiger charge is 2.39. The standard InChI is InChI=1S/C23H25N3O4S2/c1-4-14-26-22(28)20(15-21(27)24-18-10-6-16(3)7-11-18)31-23(26)25-32(29,30)19-12-8-17(5-2)9-13-19/h4,6-13,20H,1,5,14-15H2,2-3H3,(H,24,27). The Morgan fingerprint density at radius 2 is 1.84 bits per heavy atom. The number of hydrogen-bond acceptors (Lipinski definition) is 5. The first kappa shape index (κ1) is 23.7. The van der Waals surface area contributed by atoms with Crippen molar-refractivity contribution in [2.75, 3.05) is 11.9 Å². The Labute approximate surface area is 192 Å². The van der Waals surface area contributed by atoms with Crippen molar-refractivity contribution in [2.45, 2.75) is 36.8 Å². The summed E-state index contributed by atoms with van der Waals surface area (Å²) in [7, 11) is -4.01. The zero-order valence-corrected chi connectivity index (χ0v) is 19.6. The molecule has 1 aliphatic heterocycles. The lowest BCUT2D eigenvalue weighted by Gasteiger charge is -2.13. The molecule has 32 heavy (non-hydrogen) atoms. The van der Waals surface area contributed by atoms with Gasteiger partial charge in [-0.25, -0.2) is 0 Å². The van der Waals surface area contributed by atoms with Crippen molar-refractivity contribution in [1.29, 1.82) is 0 Å². The lowest BCUT2D eigenvalue weighted by Crippen LogP contribution is -2.33. The number of rotatable bonds is 8. The van der Waals surface area contributed by atoms with E-state index >= 15 is 0 Å². The van der Waals surface area contributed by atoms with Crippen LogP contribution in [-0.4, -0.2) is 42.1 Å². The third-order valence-electron chi connectivity index (χ3n) is 4.87. The number of hydrogen-bond donors (Lipinski definition) is 1. The van der Waals surface area contributed by atoms with Crippen molar-refractivity contribution in [3.8, 4) is 0 Å². The number of anilines is 1. The minimum absolute atomic E-state index is 0.0441. The molecule has 0 bridgehead atoms. The van der Waals surface area contributed by atoms with Crippen LogP contribution in [0, 0.1) is 6.92 Å². The van der Waals surface area contributed by atoms with Gasteiger partial charge in [0.25, 0.3) is 10.0 Å². The smallest absolute Gasteiger partial charge is 0.284 e. The molecular formula is C23H25N3O4S2. The quantitative estimate of drug-likeness (QED) is 0.592. The van der Waals surface area contributed by atoms with Gasteiger partial charge in [-0.3, -0.25) is 14.5 Å². The Bertz CT molecular complexity index is 1140. The highest BCUT2D eigenvalue weighted by atomic mass is 32.2. The van der Waals surface area contributed by atoms with Gasteiger partial charge in [0.1, 0.15) is 5.25 Å². The lowest BCUT2D eigenvalue weighted by molar-refractivity contribution is -0.127. The fourth-order valence-electron chi connectivity index (χ4n) is 3.08. The molecule has 1 unspecified atom stereocenters. The van der Waals surface area contributed by atoms with E-state index in [9.17, 15) is 18.0 Å². The van der Waals surface area contributed by atoms with Crippen LogP contribution < -0.4 is 5.32 Å². The first-order valence-electron chi connectivity index (χ1n) is 10.1. The molecule has 1 heterocycles. The SMILES string of the molecule is C=CCN1C(=O)C(CC(=O)Nc2ccc(C)cc2)SC1=NS(=O)(=O)c1ccc(CC)cc1. The molecule has 9 heteroatoms. The van der Waals surface area contributed by atoms with E-state index in [1.165, 1.54) is 23.1 Å². The van der Waals surface area contributed by atoms with E-state index in [0.717, 1.165) is 29.3 Å². The van der Waals surface area contributed by atoms with Crippen LogP contribution in [0.4, 0.5) is 5.69 Å². The predicted octanol–water partition coefficient (Wildman–Crippen LogP) is 3.76. The summed E-state index contributed by atoms with van der Waals surface area (Å²) in [6, 6.07) is 13.8. The maximum Gasteiger partial charge on any atom is 0.284 e. The summed E-state index contributed by atoms with van der Waals surface area (Å²) in [6.45, 7) is 7.66. The molecule has 1 N–H and O–H groups in total. The molecule has 7 nitrogen and oxygen atoms in total. The third kappa shape index (κ3) is 5.66. The molecule has 3 rings (SSSR count). The molecule has 2 aromatic carbocycles. The largest absolute Gasteiger partial charge is 0.326 e. The maximum atomic E-state index is 12.8. The molecule has 1 aliphatic rings. The summed E-state index contributed by atoms with van der Waals surface area (Å²) in [5.41, 5.74) is 2.71. The third-order valence-corrected chi connectivity index (χ3v) is 7.44. The van der Waals surface area contributed by atoms with Crippen molar-refractivity contribution in [3.63, 3.8) is 0 Å². The van der Waals surface area contributed by atoms with Crippen molar-refractivity contribution in [1.82, 2.24) is 4.90 Å². The first-order valence-corrected chi connectivity index (χ1v) is 12.4. The van der Waals surface area contributed by atoms with Crippen molar-refractivity contribution >= 4 is 44.5 Å². The normalized spacial score (nSPS) is 17.6. The second-order valence-electron chi connectivity index (χ2n) is 7.31. The molecular weight excluding hydrogens is 446 g/mol. The fourth-order valence-corrected chi connectivity index (χ4v) is 5.44. The van der Waals surface area contributed by atoms with Gasteiger partial charge in [-0.2, -0.15) is 8.42 Å². The minimum atomic E-state index is -4.01. The number of carbonyl (C=O) groups is 2. The van der Waals surface area contributed by atoms with E-state index in [0.29, 0.717) is 5.69 Å². The summed E-state index contributed by atoms with van der Waals surface area (Å²) in [4.78, 5) is 26.6. The van der Waals surface area contributed by atoms with Gasteiger partial charge in [0.2, 0.25) is 11.8 Å². The maximum absolute atomic E-state index is 12.8. The van der Waals surface area contributed by atoms with E-state index in [1.54, 1.807) is 24.3 Å². The second-order valence-corrected chi connectivity index (χ2v) is 10.1. The molecule has 1 atom stereocenters. The van der Waals surface area contributed by atoms with Gasteiger partial charge in [0.15, 0.2) is 5.17 Å². The summed E-state index contributed by atoms with van der Waals surface area (Å²) in [6.07, 6.45) is 2.18. The molecule has 0 aliphatic carbocycles. The van der Waals surface area contributed by atoms with Gasteiger partial charge >= 0.3 is 0 Å². The summed E-state index contributed by atoms with van der Waals surface area (Å²) < 4.78 is 29.5. The predicted molar refractivity (Wildman–Crippen MR) is 128 cm³/mol. The van der Waals surface area contributed by atoms with E-state index in [4.69, 9.17) is 0 Å². The van der Waals surface area contributed by atoms with Crippen LogP contribution in [-0.2, 0) is 26.0 Å². The molecule has 0 spiro atoms. The van der Waals surface area contributed by atoms with Crippen molar-refractivity contribution in [2.24, 2.45) is 4.40 Å². The Morgan fingerprint density at radius 1 is 1.19 bits per heavy atom. The van der Waals surface area contributed by atoms with Gasteiger partial charge in [0, 0.05) is 18.7 Å². The first-order chi connectivity index (χ1) is 15.2. The summed E-state index contributed by atoms with van der Waals surface area (Å²) >= 11 is 0.976. The second kappa shape index (κ2) is 10.1. The zero-order chi connectivity index (χ0) is 23.3. The molecule has 1 saturated heterocycles. The van der Waals surface area contributed by atoms with Crippen LogP contribution in [0.3, 0.4) is 0 Å². The number of benzene rings is 2. The van der Waals surface area contributed by atoms with Crippen LogP contribution in [0.25, 0.3) is 0 Å².